The molecule has 0 bridgehead atoms. The molecule has 0 radical (unpaired) electrons. The Hall–Kier alpha value is -1.51. The van der Waals surface area contributed by atoms with Crippen LogP contribution < -0.4 is 10.1 Å². The highest BCUT2D eigenvalue weighted by molar-refractivity contribution is 6.30. The van der Waals surface area contributed by atoms with Crippen molar-refractivity contribution in [1.82, 2.24) is 5.32 Å². The SMILES string of the molecule is CNC(Cc1cccc(Cl)c1)C1CCOc2ccccc21. The van der Waals surface area contributed by atoms with Crippen LogP contribution >= 0.6 is 11.6 Å². The number of hydrogen-bond donors (Lipinski definition) is 1. The third-order valence-electron chi connectivity index (χ3n) is 4.21. The molecular weight excluding hydrogens is 282 g/mol. The molecule has 2 aromatic rings. The summed E-state index contributed by atoms with van der Waals surface area (Å²) in [4.78, 5) is 0. The smallest absolute Gasteiger partial charge is 0.122 e. The molecule has 0 aromatic heterocycles. The molecule has 0 spiro atoms. The summed E-state index contributed by atoms with van der Waals surface area (Å²) < 4.78 is 5.77. The Balaban J connectivity index is 1.84. The summed E-state index contributed by atoms with van der Waals surface area (Å²) in [6, 6.07) is 16.9. The average molecular weight is 302 g/mol. The van der Waals surface area contributed by atoms with E-state index in [0.717, 1.165) is 30.2 Å². The molecule has 110 valence electrons. The van der Waals surface area contributed by atoms with Gasteiger partial charge in [0.25, 0.3) is 0 Å². The number of benzene rings is 2. The van der Waals surface area contributed by atoms with Crippen molar-refractivity contribution in [2.75, 3.05) is 13.7 Å². The quantitative estimate of drug-likeness (QED) is 0.920. The lowest BCUT2D eigenvalue weighted by atomic mass is 9.84. The predicted octanol–water partition coefficient (Wildman–Crippen LogP) is 4.04. The van der Waals surface area contributed by atoms with Crippen molar-refractivity contribution in [3.63, 3.8) is 0 Å². The van der Waals surface area contributed by atoms with Crippen LogP contribution in [0.5, 0.6) is 5.75 Å². The molecule has 0 aliphatic carbocycles. The summed E-state index contributed by atoms with van der Waals surface area (Å²) in [6.07, 6.45) is 2.01. The molecular formula is C18H20ClNO. The summed E-state index contributed by atoms with van der Waals surface area (Å²) >= 11 is 6.10. The van der Waals surface area contributed by atoms with Gasteiger partial charge in [-0.3, -0.25) is 0 Å². The molecule has 1 aliphatic rings. The number of halogens is 1. The summed E-state index contributed by atoms with van der Waals surface area (Å²) in [6.45, 7) is 0.787. The Bertz CT molecular complexity index is 614. The van der Waals surface area contributed by atoms with Crippen LogP contribution in [-0.2, 0) is 6.42 Å². The molecule has 1 N–H and O–H groups in total. The number of likely N-dealkylation sites (N-methyl/N-ethyl adjacent to an activating group) is 1. The second-order valence-corrected chi connectivity index (χ2v) is 5.95. The summed E-state index contributed by atoms with van der Waals surface area (Å²) in [5.41, 5.74) is 2.58. The summed E-state index contributed by atoms with van der Waals surface area (Å²) in [5, 5.41) is 4.28. The van der Waals surface area contributed by atoms with Crippen molar-refractivity contribution >= 4 is 11.6 Å². The van der Waals surface area contributed by atoms with Gasteiger partial charge in [-0.1, -0.05) is 41.9 Å². The van der Waals surface area contributed by atoms with Crippen molar-refractivity contribution in [3.05, 3.63) is 64.7 Å². The van der Waals surface area contributed by atoms with E-state index in [2.05, 4.69) is 35.6 Å². The Labute approximate surface area is 131 Å². The number of fused-ring (bicyclic) bond motifs is 1. The second-order valence-electron chi connectivity index (χ2n) is 5.51. The zero-order valence-electron chi connectivity index (χ0n) is 12.2. The van der Waals surface area contributed by atoms with Crippen molar-refractivity contribution in [3.8, 4) is 5.75 Å². The van der Waals surface area contributed by atoms with Crippen LogP contribution in [-0.4, -0.2) is 19.7 Å². The number of hydrogen-bond acceptors (Lipinski definition) is 2. The Morgan fingerprint density at radius 2 is 2.10 bits per heavy atom. The van der Waals surface area contributed by atoms with Crippen molar-refractivity contribution in [2.45, 2.75) is 24.8 Å². The van der Waals surface area contributed by atoms with Gasteiger partial charge in [-0.05, 0) is 49.2 Å². The molecule has 1 heterocycles. The topological polar surface area (TPSA) is 21.3 Å². The highest BCUT2D eigenvalue weighted by Crippen LogP contribution is 2.36. The number of rotatable bonds is 4. The first-order valence-corrected chi connectivity index (χ1v) is 7.79. The maximum Gasteiger partial charge on any atom is 0.122 e. The lowest BCUT2D eigenvalue weighted by Gasteiger charge is -2.32. The van der Waals surface area contributed by atoms with Crippen LogP contribution in [0.2, 0.25) is 5.02 Å². The third kappa shape index (κ3) is 3.22. The fourth-order valence-electron chi connectivity index (χ4n) is 3.15. The van der Waals surface area contributed by atoms with Gasteiger partial charge in [0.15, 0.2) is 0 Å². The first-order chi connectivity index (χ1) is 10.3. The van der Waals surface area contributed by atoms with Crippen LogP contribution in [0.25, 0.3) is 0 Å². The molecule has 3 rings (SSSR count). The molecule has 0 fully saturated rings. The van der Waals surface area contributed by atoms with Gasteiger partial charge >= 0.3 is 0 Å². The van der Waals surface area contributed by atoms with E-state index in [4.69, 9.17) is 16.3 Å². The highest BCUT2D eigenvalue weighted by Gasteiger charge is 2.27. The van der Waals surface area contributed by atoms with Gasteiger partial charge in [-0.15, -0.1) is 0 Å². The van der Waals surface area contributed by atoms with E-state index in [9.17, 15) is 0 Å². The zero-order valence-corrected chi connectivity index (χ0v) is 12.9. The third-order valence-corrected chi connectivity index (χ3v) is 4.44. The van der Waals surface area contributed by atoms with E-state index in [0.29, 0.717) is 12.0 Å². The predicted molar refractivity (Wildman–Crippen MR) is 87.3 cm³/mol. The van der Waals surface area contributed by atoms with Crippen LogP contribution in [0.3, 0.4) is 0 Å². The fraction of sp³-hybridized carbons (Fsp3) is 0.333. The van der Waals surface area contributed by atoms with Gasteiger partial charge < -0.3 is 10.1 Å². The highest BCUT2D eigenvalue weighted by atomic mass is 35.5. The van der Waals surface area contributed by atoms with Crippen molar-refractivity contribution in [2.24, 2.45) is 0 Å². The standard InChI is InChI=1S/C18H20ClNO/c1-20-17(12-13-5-4-6-14(19)11-13)15-9-10-21-18-8-3-2-7-16(15)18/h2-8,11,15,17,20H,9-10,12H2,1H3. The lowest BCUT2D eigenvalue weighted by molar-refractivity contribution is 0.247. The van der Waals surface area contributed by atoms with E-state index in [-0.39, 0.29) is 0 Å². The van der Waals surface area contributed by atoms with Crippen LogP contribution in [0.15, 0.2) is 48.5 Å². The molecule has 2 unspecified atom stereocenters. The molecule has 1 aliphatic heterocycles. The molecule has 3 heteroatoms. The first kappa shape index (κ1) is 14.4. The molecule has 21 heavy (non-hydrogen) atoms. The number of nitrogens with one attached hydrogen (secondary N) is 1. The van der Waals surface area contributed by atoms with Gasteiger partial charge in [-0.25, -0.2) is 0 Å². The van der Waals surface area contributed by atoms with Crippen molar-refractivity contribution in [1.29, 1.82) is 0 Å². The van der Waals surface area contributed by atoms with E-state index < -0.39 is 0 Å². The minimum Gasteiger partial charge on any atom is -0.493 e. The van der Waals surface area contributed by atoms with Gasteiger partial charge in [-0.2, -0.15) is 0 Å². The first-order valence-electron chi connectivity index (χ1n) is 7.41. The van der Waals surface area contributed by atoms with E-state index in [1.54, 1.807) is 0 Å². The average Bonchev–Trinajstić information content (AvgIpc) is 2.52. The monoisotopic (exact) mass is 301 g/mol. The van der Waals surface area contributed by atoms with Gasteiger partial charge in [0.1, 0.15) is 5.75 Å². The molecule has 0 amide bonds. The summed E-state index contributed by atoms with van der Waals surface area (Å²) in [5.74, 6) is 1.50. The fourth-order valence-corrected chi connectivity index (χ4v) is 3.36. The number of para-hydroxylation sites is 1. The molecule has 2 aromatic carbocycles. The molecule has 2 nitrogen and oxygen atoms in total. The zero-order chi connectivity index (χ0) is 14.7. The van der Waals surface area contributed by atoms with Crippen molar-refractivity contribution < 1.29 is 4.74 Å². The minimum atomic E-state index is 0.383. The molecule has 0 saturated heterocycles. The van der Waals surface area contributed by atoms with Gasteiger partial charge in [0.2, 0.25) is 0 Å². The Kier molecular flexibility index (Phi) is 4.47. The van der Waals surface area contributed by atoms with Crippen LogP contribution in [0.1, 0.15) is 23.5 Å². The largest absolute Gasteiger partial charge is 0.493 e. The summed E-state index contributed by atoms with van der Waals surface area (Å²) in [7, 11) is 2.04. The molecule has 2 atom stereocenters. The van der Waals surface area contributed by atoms with E-state index in [1.807, 2.05) is 25.2 Å². The Morgan fingerprint density at radius 1 is 1.24 bits per heavy atom. The lowest BCUT2D eigenvalue weighted by Crippen LogP contribution is -2.36. The van der Waals surface area contributed by atoms with E-state index in [1.165, 1.54) is 11.1 Å². The maximum atomic E-state index is 6.10. The maximum absolute atomic E-state index is 6.10. The molecule has 0 saturated carbocycles. The minimum absolute atomic E-state index is 0.383. The van der Waals surface area contributed by atoms with Crippen LogP contribution in [0, 0.1) is 0 Å². The van der Waals surface area contributed by atoms with Crippen LogP contribution in [0.4, 0.5) is 0 Å². The normalized spacial score (nSPS) is 18.7. The van der Waals surface area contributed by atoms with E-state index >= 15 is 0 Å². The number of ether oxygens (including phenoxy) is 1. The Morgan fingerprint density at radius 3 is 2.90 bits per heavy atom. The van der Waals surface area contributed by atoms with Gasteiger partial charge in [0.05, 0.1) is 6.61 Å². The second kappa shape index (κ2) is 6.50. The van der Waals surface area contributed by atoms with Gasteiger partial charge in [0, 0.05) is 17.0 Å².